The first kappa shape index (κ1) is 16.6. The Hall–Kier alpha value is -2.74. The zero-order valence-electron chi connectivity index (χ0n) is 12.0. The van der Waals surface area contributed by atoms with Gasteiger partial charge in [0.2, 0.25) is 0 Å². The molecule has 2 aromatic carbocycles. The summed E-state index contributed by atoms with van der Waals surface area (Å²) in [6.45, 7) is 0. The zero-order chi connectivity index (χ0) is 16.8. The molecule has 0 spiro atoms. The number of hydrogen-bond acceptors (Lipinski definition) is 5. The lowest BCUT2D eigenvalue weighted by atomic mass is 10.2. The van der Waals surface area contributed by atoms with Crippen molar-refractivity contribution in [2.24, 2.45) is 5.10 Å². The van der Waals surface area contributed by atoms with Crippen LogP contribution >= 0.6 is 15.9 Å². The van der Waals surface area contributed by atoms with Crippen molar-refractivity contribution in [1.29, 1.82) is 0 Å². The Morgan fingerprint density at radius 1 is 1.35 bits per heavy atom. The quantitative estimate of drug-likeness (QED) is 0.491. The Labute approximate surface area is 140 Å². The highest BCUT2D eigenvalue weighted by atomic mass is 79.9. The monoisotopic (exact) mass is 377 g/mol. The number of methoxy groups -OCH3 is 1. The van der Waals surface area contributed by atoms with Gasteiger partial charge >= 0.3 is 5.69 Å². The van der Waals surface area contributed by atoms with Crippen molar-refractivity contribution in [3.8, 4) is 5.75 Å². The molecule has 0 aromatic heterocycles. The molecule has 0 atom stereocenters. The molecule has 2 aromatic rings. The number of hydrogen-bond donors (Lipinski definition) is 1. The molecule has 0 aliphatic heterocycles. The number of nitro groups is 1. The van der Waals surface area contributed by atoms with E-state index in [2.05, 4.69) is 26.5 Å². The summed E-state index contributed by atoms with van der Waals surface area (Å²) in [4.78, 5) is 22.3. The molecule has 0 heterocycles. The van der Waals surface area contributed by atoms with Gasteiger partial charge in [0.05, 0.1) is 23.8 Å². The van der Waals surface area contributed by atoms with Gasteiger partial charge in [-0.25, -0.2) is 5.43 Å². The number of nitrogens with one attached hydrogen (secondary N) is 1. The SMILES string of the molecule is COc1ccc(/C=N\NC(=O)c2ccccc2Br)cc1[N+](=O)[O-]. The lowest BCUT2D eigenvalue weighted by Gasteiger charge is -2.03. The summed E-state index contributed by atoms with van der Waals surface area (Å²) in [6, 6.07) is 11.3. The Kier molecular flexibility index (Phi) is 5.42. The predicted octanol–water partition coefficient (Wildman–Crippen LogP) is 3.13. The number of hydrazone groups is 1. The van der Waals surface area contributed by atoms with E-state index in [1.54, 1.807) is 30.3 Å². The van der Waals surface area contributed by atoms with Crippen LogP contribution in [0.5, 0.6) is 5.75 Å². The van der Waals surface area contributed by atoms with Gasteiger partial charge in [-0.2, -0.15) is 5.10 Å². The van der Waals surface area contributed by atoms with Crippen LogP contribution in [-0.2, 0) is 0 Å². The molecule has 23 heavy (non-hydrogen) atoms. The van der Waals surface area contributed by atoms with E-state index in [4.69, 9.17) is 4.74 Å². The van der Waals surface area contributed by atoms with Crippen LogP contribution in [0.4, 0.5) is 5.69 Å². The third-order valence-electron chi connectivity index (χ3n) is 2.90. The molecule has 8 heteroatoms. The normalized spacial score (nSPS) is 10.5. The van der Waals surface area contributed by atoms with Crippen LogP contribution in [0.3, 0.4) is 0 Å². The van der Waals surface area contributed by atoms with Crippen LogP contribution in [0.2, 0.25) is 0 Å². The average Bonchev–Trinajstić information content (AvgIpc) is 2.55. The molecule has 0 aliphatic carbocycles. The second kappa shape index (κ2) is 7.50. The van der Waals surface area contributed by atoms with Gasteiger partial charge in [0.25, 0.3) is 5.91 Å². The number of ether oxygens (including phenoxy) is 1. The van der Waals surface area contributed by atoms with Crippen molar-refractivity contribution in [2.75, 3.05) is 7.11 Å². The number of rotatable bonds is 5. The topological polar surface area (TPSA) is 93.8 Å². The Bertz CT molecular complexity index is 777. The first-order valence-corrected chi connectivity index (χ1v) is 7.22. The summed E-state index contributed by atoms with van der Waals surface area (Å²) in [5.41, 5.74) is 3.09. The fourth-order valence-electron chi connectivity index (χ4n) is 1.80. The number of halogens is 1. The average molecular weight is 378 g/mol. The number of nitrogens with zero attached hydrogens (tertiary/aromatic N) is 2. The van der Waals surface area contributed by atoms with E-state index in [0.29, 0.717) is 15.6 Å². The van der Waals surface area contributed by atoms with Crippen LogP contribution in [0.15, 0.2) is 52.0 Å². The van der Waals surface area contributed by atoms with E-state index in [1.807, 2.05) is 0 Å². The summed E-state index contributed by atoms with van der Waals surface area (Å²) in [6.07, 6.45) is 1.32. The van der Waals surface area contributed by atoms with Gasteiger partial charge in [-0.1, -0.05) is 12.1 Å². The lowest BCUT2D eigenvalue weighted by molar-refractivity contribution is -0.385. The summed E-state index contributed by atoms with van der Waals surface area (Å²) >= 11 is 3.27. The molecule has 1 N–H and O–H groups in total. The standard InChI is InChI=1S/C15H12BrN3O4/c1-23-14-7-6-10(8-13(14)19(21)22)9-17-18-15(20)11-4-2-3-5-12(11)16/h2-9H,1H3,(H,18,20)/b17-9-. The molecule has 0 saturated carbocycles. The van der Waals surface area contributed by atoms with E-state index in [9.17, 15) is 14.9 Å². The molecule has 118 valence electrons. The van der Waals surface area contributed by atoms with Gasteiger partial charge in [-0.15, -0.1) is 0 Å². The largest absolute Gasteiger partial charge is 0.490 e. The van der Waals surface area contributed by atoms with Crippen LogP contribution in [0.1, 0.15) is 15.9 Å². The van der Waals surface area contributed by atoms with E-state index < -0.39 is 10.8 Å². The second-order valence-corrected chi connectivity index (χ2v) is 5.22. The Balaban J connectivity index is 2.12. The van der Waals surface area contributed by atoms with Crippen LogP contribution in [-0.4, -0.2) is 24.2 Å². The first-order chi connectivity index (χ1) is 11.0. The minimum absolute atomic E-state index is 0.157. The molecular weight excluding hydrogens is 366 g/mol. The third-order valence-corrected chi connectivity index (χ3v) is 3.59. The van der Waals surface area contributed by atoms with E-state index >= 15 is 0 Å². The van der Waals surface area contributed by atoms with Crippen molar-refractivity contribution in [3.63, 3.8) is 0 Å². The van der Waals surface area contributed by atoms with Gasteiger partial charge < -0.3 is 4.74 Å². The van der Waals surface area contributed by atoms with Gasteiger partial charge in [0, 0.05) is 16.1 Å². The van der Waals surface area contributed by atoms with Crippen molar-refractivity contribution in [2.45, 2.75) is 0 Å². The molecule has 0 radical (unpaired) electrons. The van der Waals surface area contributed by atoms with Gasteiger partial charge in [-0.05, 0) is 40.2 Å². The Morgan fingerprint density at radius 2 is 2.09 bits per heavy atom. The Morgan fingerprint density at radius 3 is 2.74 bits per heavy atom. The van der Waals surface area contributed by atoms with E-state index in [-0.39, 0.29) is 11.4 Å². The number of amides is 1. The van der Waals surface area contributed by atoms with Crippen molar-refractivity contribution < 1.29 is 14.5 Å². The van der Waals surface area contributed by atoms with Crippen molar-refractivity contribution >= 4 is 33.7 Å². The predicted molar refractivity (Wildman–Crippen MR) is 88.9 cm³/mol. The molecule has 0 fully saturated rings. The maximum absolute atomic E-state index is 11.9. The lowest BCUT2D eigenvalue weighted by Crippen LogP contribution is -2.18. The zero-order valence-corrected chi connectivity index (χ0v) is 13.6. The number of carbonyl (C=O) groups is 1. The summed E-state index contributed by atoms with van der Waals surface area (Å²) in [7, 11) is 1.36. The van der Waals surface area contributed by atoms with E-state index in [0.717, 1.165) is 0 Å². The maximum atomic E-state index is 11.9. The van der Waals surface area contributed by atoms with Crippen LogP contribution in [0.25, 0.3) is 0 Å². The first-order valence-electron chi connectivity index (χ1n) is 6.43. The third kappa shape index (κ3) is 4.13. The number of carbonyl (C=O) groups excluding carboxylic acids is 1. The molecule has 0 bridgehead atoms. The molecule has 0 saturated heterocycles. The highest BCUT2D eigenvalue weighted by molar-refractivity contribution is 9.10. The molecular formula is C15H12BrN3O4. The highest BCUT2D eigenvalue weighted by Gasteiger charge is 2.14. The molecule has 2 rings (SSSR count). The maximum Gasteiger partial charge on any atom is 0.311 e. The molecule has 0 unspecified atom stereocenters. The van der Waals surface area contributed by atoms with Gasteiger partial charge in [-0.3, -0.25) is 14.9 Å². The molecule has 1 amide bonds. The fraction of sp³-hybridized carbons (Fsp3) is 0.0667. The minimum atomic E-state index is -0.546. The highest BCUT2D eigenvalue weighted by Crippen LogP contribution is 2.26. The van der Waals surface area contributed by atoms with Crippen molar-refractivity contribution in [3.05, 3.63) is 68.2 Å². The smallest absolute Gasteiger partial charge is 0.311 e. The number of benzene rings is 2. The minimum Gasteiger partial charge on any atom is -0.490 e. The number of nitro benzene ring substituents is 1. The summed E-state index contributed by atoms with van der Waals surface area (Å²) in [5.74, 6) is -0.235. The second-order valence-electron chi connectivity index (χ2n) is 4.37. The van der Waals surface area contributed by atoms with Crippen molar-refractivity contribution in [1.82, 2.24) is 5.43 Å². The molecule has 7 nitrogen and oxygen atoms in total. The molecule has 0 aliphatic rings. The van der Waals surface area contributed by atoms with Crippen LogP contribution in [0, 0.1) is 10.1 Å². The van der Waals surface area contributed by atoms with Gasteiger partial charge in [0.1, 0.15) is 0 Å². The fourth-order valence-corrected chi connectivity index (χ4v) is 2.27. The summed E-state index contributed by atoms with van der Waals surface area (Å²) in [5, 5.41) is 14.7. The van der Waals surface area contributed by atoms with Gasteiger partial charge in [0.15, 0.2) is 5.75 Å². The summed E-state index contributed by atoms with van der Waals surface area (Å²) < 4.78 is 5.56. The van der Waals surface area contributed by atoms with Crippen LogP contribution < -0.4 is 10.2 Å². The van der Waals surface area contributed by atoms with E-state index in [1.165, 1.54) is 25.5 Å².